The zero-order valence-electron chi connectivity index (χ0n) is 7.55. The molecule has 0 aliphatic heterocycles. The molecule has 0 saturated carbocycles. The van der Waals surface area contributed by atoms with E-state index in [0.717, 1.165) is 5.56 Å². The van der Waals surface area contributed by atoms with Gasteiger partial charge in [0.1, 0.15) is 0 Å². The van der Waals surface area contributed by atoms with E-state index in [9.17, 15) is 4.79 Å². The van der Waals surface area contributed by atoms with Crippen LogP contribution in [0.15, 0.2) is 48.2 Å². The SMILES string of the molecule is N/C(=C\C=C(\O)C=O)c1ccccc1. The van der Waals surface area contributed by atoms with Crippen molar-refractivity contribution in [3.8, 4) is 0 Å². The molecule has 0 radical (unpaired) electrons. The number of aldehydes is 1. The van der Waals surface area contributed by atoms with Crippen LogP contribution in [-0.2, 0) is 4.79 Å². The van der Waals surface area contributed by atoms with E-state index < -0.39 is 0 Å². The summed E-state index contributed by atoms with van der Waals surface area (Å²) >= 11 is 0. The molecule has 1 rings (SSSR count). The highest BCUT2D eigenvalue weighted by Crippen LogP contribution is 2.07. The molecule has 0 amide bonds. The molecule has 0 aliphatic carbocycles. The lowest BCUT2D eigenvalue weighted by atomic mass is 10.1. The monoisotopic (exact) mass is 189 g/mol. The summed E-state index contributed by atoms with van der Waals surface area (Å²) < 4.78 is 0. The molecule has 0 aromatic heterocycles. The quantitative estimate of drug-likeness (QED) is 0.329. The van der Waals surface area contributed by atoms with E-state index in [1.807, 2.05) is 30.3 Å². The van der Waals surface area contributed by atoms with Crippen molar-refractivity contribution in [2.24, 2.45) is 5.73 Å². The molecule has 0 unspecified atom stereocenters. The predicted molar refractivity (Wildman–Crippen MR) is 55.4 cm³/mol. The second-order valence-electron chi connectivity index (χ2n) is 2.70. The Kier molecular flexibility index (Phi) is 3.49. The number of carbonyl (C=O) groups excluding carboxylic acids is 1. The Balaban J connectivity index is 2.86. The molecular weight excluding hydrogens is 178 g/mol. The van der Waals surface area contributed by atoms with Gasteiger partial charge in [-0.2, -0.15) is 0 Å². The molecule has 1 aromatic rings. The summed E-state index contributed by atoms with van der Waals surface area (Å²) in [5, 5.41) is 8.85. The van der Waals surface area contributed by atoms with Crippen LogP contribution in [0.4, 0.5) is 0 Å². The van der Waals surface area contributed by atoms with Gasteiger partial charge in [0.05, 0.1) is 0 Å². The number of rotatable bonds is 3. The van der Waals surface area contributed by atoms with Crippen molar-refractivity contribution in [3.63, 3.8) is 0 Å². The highest BCUT2D eigenvalue weighted by molar-refractivity contribution is 5.72. The van der Waals surface area contributed by atoms with Crippen molar-refractivity contribution in [1.29, 1.82) is 0 Å². The molecule has 0 heterocycles. The van der Waals surface area contributed by atoms with Gasteiger partial charge >= 0.3 is 0 Å². The maximum Gasteiger partial charge on any atom is 0.184 e. The largest absolute Gasteiger partial charge is 0.505 e. The fourth-order valence-corrected chi connectivity index (χ4v) is 0.941. The summed E-state index contributed by atoms with van der Waals surface area (Å²) in [5.74, 6) is -0.344. The van der Waals surface area contributed by atoms with Crippen LogP contribution in [0.3, 0.4) is 0 Å². The van der Waals surface area contributed by atoms with Crippen LogP contribution in [0.2, 0.25) is 0 Å². The number of hydrogen-bond acceptors (Lipinski definition) is 3. The topological polar surface area (TPSA) is 63.3 Å². The van der Waals surface area contributed by atoms with Gasteiger partial charge in [-0.15, -0.1) is 0 Å². The number of benzene rings is 1. The van der Waals surface area contributed by atoms with Crippen molar-refractivity contribution in [3.05, 3.63) is 53.8 Å². The van der Waals surface area contributed by atoms with Gasteiger partial charge in [0.25, 0.3) is 0 Å². The number of hydrogen-bond donors (Lipinski definition) is 2. The number of nitrogens with two attached hydrogens (primary N) is 1. The van der Waals surface area contributed by atoms with Crippen molar-refractivity contribution in [1.82, 2.24) is 0 Å². The lowest BCUT2D eigenvalue weighted by Gasteiger charge is -1.98. The van der Waals surface area contributed by atoms with Crippen molar-refractivity contribution >= 4 is 12.0 Å². The van der Waals surface area contributed by atoms with E-state index in [1.165, 1.54) is 12.2 Å². The van der Waals surface area contributed by atoms with Crippen LogP contribution in [0.5, 0.6) is 0 Å². The fraction of sp³-hybridized carbons (Fsp3) is 0. The molecule has 1 aromatic carbocycles. The van der Waals surface area contributed by atoms with E-state index in [0.29, 0.717) is 12.0 Å². The Bertz CT molecular complexity index is 366. The van der Waals surface area contributed by atoms with Gasteiger partial charge in [-0.25, -0.2) is 0 Å². The van der Waals surface area contributed by atoms with Gasteiger partial charge < -0.3 is 10.8 Å². The minimum Gasteiger partial charge on any atom is -0.505 e. The fourth-order valence-electron chi connectivity index (χ4n) is 0.941. The first-order chi connectivity index (χ1) is 6.74. The van der Waals surface area contributed by atoms with E-state index in [-0.39, 0.29) is 5.76 Å². The normalized spacial score (nSPS) is 12.6. The van der Waals surface area contributed by atoms with Crippen molar-refractivity contribution in [2.75, 3.05) is 0 Å². The summed E-state index contributed by atoms with van der Waals surface area (Å²) in [6, 6.07) is 9.30. The average Bonchev–Trinajstić information content (AvgIpc) is 2.26. The summed E-state index contributed by atoms with van der Waals surface area (Å²) in [6.45, 7) is 0. The molecule has 0 fully saturated rings. The van der Waals surface area contributed by atoms with E-state index in [2.05, 4.69) is 0 Å². The molecule has 0 saturated heterocycles. The molecule has 0 aliphatic rings. The zero-order valence-corrected chi connectivity index (χ0v) is 7.55. The van der Waals surface area contributed by atoms with E-state index in [4.69, 9.17) is 10.8 Å². The molecule has 0 atom stereocenters. The van der Waals surface area contributed by atoms with Gasteiger partial charge in [0, 0.05) is 5.70 Å². The van der Waals surface area contributed by atoms with Crippen LogP contribution in [0.1, 0.15) is 5.56 Å². The number of allylic oxidation sites excluding steroid dienone is 3. The van der Waals surface area contributed by atoms with Crippen LogP contribution in [-0.4, -0.2) is 11.4 Å². The Morgan fingerprint density at radius 1 is 1.21 bits per heavy atom. The van der Waals surface area contributed by atoms with Crippen LogP contribution < -0.4 is 5.73 Å². The highest BCUT2D eigenvalue weighted by Gasteiger charge is 1.92. The van der Waals surface area contributed by atoms with E-state index >= 15 is 0 Å². The summed E-state index contributed by atoms with van der Waals surface area (Å²) in [5.41, 5.74) is 7.04. The first-order valence-electron chi connectivity index (χ1n) is 4.11. The Morgan fingerprint density at radius 2 is 1.86 bits per heavy atom. The van der Waals surface area contributed by atoms with E-state index in [1.54, 1.807) is 0 Å². The van der Waals surface area contributed by atoms with Gasteiger partial charge in [-0.3, -0.25) is 4.79 Å². The molecule has 3 nitrogen and oxygen atoms in total. The molecule has 0 spiro atoms. The standard InChI is InChI=1S/C11H11NO2/c12-11(7-6-10(14)8-13)9-4-2-1-3-5-9/h1-8,14H,12H2/b10-6+,11-7-. The van der Waals surface area contributed by atoms with Gasteiger partial charge in [0.15, 0.2) is 12.0 Å². The molecular formula is C11H11NO2. The zero-order chi connectivity index (χ0) is 10.4. The predicted octanol–water partition coefficient (Wildman–Crippen LogP) is 1.63. The van der Waals surface area contributed by atoms with Gasteiger partial charge in [-0.05, 0) is 17.7 Å². The summed E-state index contributed by atoms with van der Waals surface area (Å²) in [6.07, 6.45) is 3.10. The number of carbonyl (C=O) groups is 1. The second kappa shape index (κ2) is 4.87. The Morgan fingerprint density at radius 3 is 2.43 bits per heavy atom. The molecule has 3 N–H and O–H groups in total. The third-order valence-electron chi connectivity index (χ3n) is 1.66. The highest BCUT2D eigenvalue weighted by atomic mass is 16.3. The Labute approximate surface area is 82.2 Å². The smallest absolute Gasteiger partial charge is 0.184 e. The first kappa shape index (κ1) is 10.1. The lowest BCUT2D eigenvalue weighted by molar-refractivity contribution is -0.106. The summed E-state index contributed by atoms with van der Waals surface area (Å²) in [4.78, 5) is 10.1. The molecule has 0 bridgehead atoms. The maximum absolute atomic E-state index is 10.1. The Hall–Kier alpha value is -2.03. The molecule has 3 heteroatoms. The first-order valence-corrected chi connectivity index (χ1v) is 4.11. The van der Waals surface area contributed by atoms with Crippen molar-refractivity contribution in [2.45, 2.75) is 0 Å². The minimum atomic E-state index is -0.344. The maximum atomic E-state index is 10.1. The molecule has 72 valence electrons. The van der Waals surface area contributed by atoms with Gasteiger partial charge in [-0.1, -0.05) is 30.3 Å². The summed E-state index contributed by atoms with van der Waals surface area (Å²) in [7, 11) is 0. The third-order valence-corrected chi connectivity index (χ3v) is 1.66. The van der Waals surface area contributed by atoms with Crippen LogP contribution >= 0.6 is 0 Å². The number of aliphatic hydroxyl groups excluding tert-OH is 1. The van der Waals surface area contributed by atoms with Crippen LogP contribution in [0, 0.1) is 0 Å². The lowest BCUT2D eigenvalue weighted by Crippen LogP contribution is -1.95. The molecule has 14 heavy (non-hydrogen) atoms. The van der Waals surface area contributed by atoms with Crippen LogP contribution in [0.25, 0.3) is 5.70 Å². The average molecular weight is 189 g/mol. The third kappa shape index (κ3) is 2.79. The van der Waals surface area contributed by atoms with Crippen molar-refractivity contribution < 1.29 is 9.90 Å². The van der Waals surface area contributed by atoms with Gasteiger partial charge in [0.2, 0.25) is 0 Å². The number of aliphatic hydroxyl groups is 1. The minimum absolute atomic E-state index is 0.344. The second-order valence-corrected chi connectivity index (χ2v) is 2.70.